The number of rotatable bonds is 3. The van der Waals surface area contributed by atoms with Gasteiger partial charge in [0.2, 0.25) is 5.91 Å². The number of piperidine rings is 1. The molecule has 23 heavy (non-hydrogen) atoms. The fourth-order valence-electron chi connectivity index (χ4n) is 3.73. The number of halogens is 3. The summed E-state index contributed by atoms with van der Waals surface area (Å²) in [5.74, 6) is -1.62. The van der Waals surface area contributed by atoms with E-state index in [2.05, 4.69) is 13.8 Å². The van der Waals surface area contributed by atoms with E-state index in [1.807, 2.05) is 5.32 Å². The standard InChI is InChI=1S/C16H25F3N2O2/c1-6-15(5)9-7-21(8-10(9)15)12(22)11(14(2,3)4)20-13(23)16(17,18)19/h9-11H,6-8H2,1-5H3,(H,20,23)/t9-,10+,11-,15?/m1/s1. The summed E-state index contributed by atoms with van der Waals surface area (Å²) in [4.78, 5) is 25.5. The Hall–Kier alpha value is -1.27. The molecule has 2 rings (SSSR count). The van der Waals surface area contributed by atoms with Crippen LogP contribution >= 0.6 is 0 Å². The molecule has 7 heteroatoms. The van der Waals surface area contributed by atoms with Crippen LogP contribution in [0.2, 0.25) is 0 Å². The number of carbonyl (C=O) groups excluding carboxylic acids is 2. The fraction of sp³-hybridized carbons (Fsp3) is 0.875. The van der Waals surface area contributed by atoms with E-state index in [9.17, 15) is 22.8 Å². The average Bonchev–Trinajstić information content (AvgIpc) is 2.79. The van der Waals surface area contributed by atoms with Crippen molar-refractivity contribution >= 4 is 11.8 Å². The smallest absolute Gasteiger partial charge is 0.340 e. The number of nitrogens with one attached hydrogen (secondary N) is 1. The van der Waals surface area contributed by atoms with Crippen LogP contribution in [0.1, 0.15) is 41.0 Å². The molecule has 4 nitrogen and oxygen atoms in total. The van der Waals surface area contributed by atoms with Gasteiger partial charge in [-0.25, -0.2) is 0 Å². The number of nitrogens with zero attached hydrogens (tertiary/aromatic N) is 1. The van der Waals surface area contributed by atoms with Crippen LogP contribution in [0, 0.1) is 22.7 Å². The van der Waals surface area contributed by atoms with E-state index in [4.69, 9.17) is 0 Å². The van der Waals surface area contributed by atoms with Gasteiger partial charge >= 0.3 is 12.1 Å². The average molecular weight is 334 g/mol. The van der Waals surface area contributed by atoms with Gasteiger partial charge in [-0.3, -0.25) is 9.59 Å². The van der Waals surface area contributed by atoms with Crippen LogP contribution in [0.3, 0.4) is 0 Å². The maximum atomic E-state index is 12.7. The summed E-state index contributed by atoms with van der Waals surface area (Å²) in [7, 11) is 0. The van der Waals surface area contributed by atoms with E-state index in [0.717, 1.165) is 6.42 Å². The molecule has 2 amide bonds. The maximum Gasteiger partial charge on any atom is 0.471 e. The third kappa shape index (κ3) is 3.19. The predicted octanol–water partition coefficient (Wildman–Crippen LogP) is 2.58. The Morgan fingerprint density at radius 3 is 2.04 bits per heavy atom. The van der Waals surface area contributed by atoms with Gasteiger partial charge < -0.3 is 10.2 Å². The first-order valence-electron chi connectivity index (χ1n) is 7.99. The Morgan fingerprint density at radius 1 is 1.22 bits per heavy atom. The summed E-state index contributed by atoms with van der Waals surface area (Å²) in [5.41, 5.74) is -0.540. The van der Waals surface area contributed by atoms with Gasteiger partial charge in [0.05, 0.1) is 0 Å². The first-order chi connectivity index (χ1) is 10.3. The number of amides is 2. The van der Waals surface area contributed by atoms with Gasteiger partial charge in [-0.15, -0.1) is 0 Å². The lowest BCUT2D eigenvalue weighted by Crippen LogP contribution is -2.57. The van der Waals surface area contributed by atoms with Crippen molar-refractivity contribution in [1.29, 1.82) is 0 Å². The lowest BCUT2D eigenvalue weighted by Gasteiger charge is -2.35. The van der Waals surface area contributed by atoms with Crippen molar-refractivity contribution in [2.24, 2.45) is 22.7 Å². The molecule has 1 aliphatic carbocycles. The van der Waals surface area contributed by atoms with E-state index in [1.165, 1.54) is 0 Å². The van der Waals surface area contributed by atoms with E-state index in [-0.39, 0.29) is 5.41 Å². The van der Waals surface area contributed by atoms with Crippen LogP contribution in [0.5, 0.6) is 0 Å². The minimum Gasteiger partial charge on any atom is -0.340 e. The van der Waals surface area contributed by atoms with E-state index < -0.39 is 29.4 Å². The van der Waals surface area contributed by atoms with Crippen LogP contribution in [0.15, 0.2) is 0 Å². The fourth-order valence-corrected chi connectivity index (χ4v) is 3.73. The number of carbonyl (C=O) groups is 2. The summed E-state index contributed by atoms with van der Waals surface area (Å²) < 4.78 is 37.6. The molecule has 1 saturated carbocycles. The molecule has 1 saturated heterocycles. The molecule has 0 aromatic heterocycles. The Labute approximate surface area is 134 Å². The molecule has 2 aliphatic rings. The highest BCUT2D eigenvalue weighted by Crippen LogP contribution is 2.64. The number of alkyl halides is 3. The van der Waals surface area contributed by atoms with Crippen molar-refractivity contribution in [2.45, 2.75) is 53.3 Å². The van der Waals surface area contributed by atoms with Crippen LogP contribution in [0.4, 0.5) is 13.2 Å². The quantitative estimate of drug-likeness (QED) is 0.862. The summed E-state index contributed by atoms with van der Waals surface area (Å²) in [6.07, 6.45) is -3.95. The molecule has 4 atom stereocenters. The highest BCUT2D eigenvalue weighted by atomic mass is 19.4. The number of likely N-dealkylation sites (tertiary alicyclic amines) is 1. The van der Waals surface area contributed by atoms with Crippen LogP contribution in [-0.2, 0) is 9.59 Å². The maximum absolute atomic E-state index is 12.7. The SMILES string of the molecule is CCC1(C)[C@@H]2CN(C(=O)[C@@H](NC(=O)C(F)(F)F)C(C)(C)C)C[C@@H]21. The Bertz CT molecular complexity index is 498. The van der Waals surface area contributed by atoms with Crippen molar-refractivity contribution in [3.8, 4) is 0 Å². The van der Waals surface area contributed by atoms with Gasteiger partial charge in [-0.05, 0) is 22.7 Å². The summed E-state index contributed by atoms with van der Waals surface area (Å²) in [6, 6.07) is -1.18. The van der Waals surface area contributed by atoms with Crippen LogP contribution in [0.25, 0.3) is 0 Å². The molecule has 0 aromatic carbocycles. The summed E-state index contributed by atoms with van der Waals surface area (Å²) in [5, 5.41) is 1.88. The second kappa shape index (κ2) is 5.38. The highest BCUT2D eigenvalue weighted by Gasteiger charge is 2.64. The third-order valence-electron chi connectivity index (χ3n) is 5.62. The second-order valence-corrected chi connectivity index (χ2v) is 8.09. The normalized spacial score (nSPS) is 31.6. The lowest BCUT2D eigenvalue weighted by molar-refractivity contribution is -0.176. The van der Waals surface area contributed by atoms with Gasteiger partial charge in [0, 0.05) is 13.1 Å². The molecular formula is C16H25F3N2O2. The molecule has 1 N–H and O–H groups in total. The number of hydrogen-bond acceptors (Lipinski definition) is 2. The van der Waals surface area contributed by atoms with E-state index >= 15 is 0 Å². The highest BCUT2D eigenvalue weighted by molar-refractivity contribution is 5.90. The molecule has 0 radical (unpaired) electrons. The van der Waals surface area contributed by atoms with Gasteiger partial charge in [0.15, 0.2) is 0 Å². The molecule has 1 aliphatic heterocycles. The molecule has 0 spiro atoms. The van der Waals surface area contributed by atoms with Crippen LogP contribution in [-0.4, -0.2) is 42.0 Å². The Kier molecular flexibility index (Phi) is 4.23. The van der Waals surface area contributed by atoms with Gasteiger partial charge in [-0.2, -0.15) is 13.2 Å². The molecular weight excluding hydrogens is 309 g/mol. The van der Waals surface area contributed by atoms with Crippen molar-refractivity contribution in [3.05, 3.63) is 0 Å². The summed E-state index contributed by atoms with van der Waals surface area (Å²) >= 11 is 0. The predicted molar refractivity (Wildman–Crippen MR) is 79.4 cm³/mol. The first kappa shape index (κ1) is 18.1. The van der Waals surface area contributed by atoms with Gasteiger partial charge in [0.25, 0.3) is 0 Å². The zero-order valence-electron chi connectivity index (χ0n) is 14.3. The minimum absolute atomic E-state index is 0.253. The monoisotopic (exact) mass is 334 g/mol. The van der Waals surface area contributed by atoms with E-state index in [0.29, 0.717) is 24.9 Å². The van der Waals surface area contributed by atoms with Gasteiger partial charge in [-0.1, -0.05) is 41.0 Å². The van der Waals surface area contributed by atoms with Gasteiger partial charge in [0.1, 0.15) is 6.04 Å². The van der Waals surface area contributed by atoms with Crippen molar-refractivity contribution in [1.82, 2.24) is 10.2 Å². The van der Waals surface area contributed by atoms with Crippen molar-refractivity contribution in [3.63, 3.8) is 0 Å². The number of fused-ring (bicyclic) bond motifs is 1. The minimum atomic E-state index is -4.99. The molecule has 0 aromatic rings. The topological polar surface area (TPSA) is 49.4 Å². The molecule has 0 bridgehead atoms. The number of hydrogen-bond donors (Lipinski definition) is 1. The summed E-state index contributed by atoms with van der Waals surface area (Å²) in [6.45, 7) is 10.4. The van der Waals surface area contributed by atoms with Crippen LogP contribution < -0.4 is 5.32 Å². The largest absolute Gasteiger partial charge is 0.471 e. The first-order valence-corrected chi connectivity index (χ1v) is 7.99. The lowest BCUT2D eigenvalue weighted by atomic mass is 9.85. The van der Waals surface area contributed by atoms with Crippen molar-refractivity contribution in [2.75, 3.05) is 13.1 Å². The van der Waals surface area contributed by atoms with E-state index in [1.54, 1.807) is 25.7 Å². The zero-order valence-corrected chi connectivity index (χ0v) is 14.3. The Morgan fingerprint density at radius 2 is 1.70 bits per heavy atom. The third-order valence-corrected chi connectivity index (χ3v) is 5.62. The molecule has 1 heterocycles. The van der Waals surface area contributed by atoms with Crippen molar-refractivity contribution < 1.29 is 22.8 Å². The zero-order chi connectivity index (χ0) is 17.8. The molecule has 132 valence electrons. The second-order valence-electron chi connectivity index (χ2n) is 8.09. The Balaban J connectivity index is 2.07. The molecule has 2 fully saturated rings. The molecule has 1 unspecified atom stereocenters.